The molecule has 2 aliphatic rings. The zero-order valence-corrected chi connectivity index (χ0v) is 22.2. The van der Waals surface area contributed by atoms with Crippen molar-refractivity contribution in [2.45, 2.75) is 72.6 Å². The second-order valence-corrected chi connectivity index (χ2v) is 16.4. The summed E-state index contributed by atoms with van der Waals surface area (Å²) in [6.07, 6.45) is 2.43. The van der Waals surface area contributed by atoms with Gasteiger partial charge in [-0.2, -0.15) is 0 Å². The van der Waals surface area contributed by atoms with Gasteiger partial charge >= 0.3 is 193 Å². The molecule has 0 unspecified atom stereocenters. The number of carbonyl (C=O) groups is 2. The minimum atomic E-state index is -3.41. The molecule has 1 aromatic rings. The molecule has 1 saturated heterocycles. The van der Waals surface area contributed by atoms with Crippen molar-refractivity contribution >= 4 is 24.1 Å². The van der Waals surface area contributed by atoms with Crippen LogP contribution in [0, 0.1) is 12.8 Å². The van der Waals surface area contributed by atoms with Gasteiger partial charge in [0.1, 0.15) is 0 Å². The Morgan fingerprint density at radius 3 is 2.03 bits per heavy atom. The van der Waals surface area contributed by atoms with Gasteiger partial charge in [-0.3, -0.25) is 0 Å². The Balaban J connectivity index is 2.48. The van der Waals surface area contributed by atoms with Crippen molar-refractivity contribution in [3.63, 3.8) is 0 Å². The standard InChI is InChI=1S/C26H39O5P/c1-16-11-12-32(15-16,22(24(28)30-10)20(31-32)23(27)29-9)21-17(2)13-18(25(3,4)5)14-19(21)26(6,7)8/h13-14,16H,11-12,15H2,1-10H3/t16-/m1/s1. The van der Waals surface area contributed by atoms with E-state index in [0.29, 0.717) is 11.2 Å². The predicted molar refractivity (Wildman–Crippen MR) is 131 cm³/mol. The van der Waals surface area contributed by atoms with Gasteiger partial charge in [-0.15, -0.1) is 0 Å². The van der Waals surface area contributed by atoms with Crippen LogP contribution in [0.2, 0.25) is 0 Å². The Hall–Kier alpha value is -1.87. The fraction of sp³-hybridized carbons (Fsp3) is 0.615. The van der Waals surface area contributed by atoms with Crippen molar-refractivity contribution in [3.05, 3.63) is 39.9 Å². The van der Waals surface area contributed by atoms with E-state index in [1.807, 2.05) is 0 Å². The number of carbonyl (C=O) groups excluding carboxylic acids is 2. The van der Waals surface area contributed by atoms with Gasteiger partial charge in [-0.1, -0.05) is 0 Å². The molecule has 0 aromatic heterocycles. The fourth-order valence-corrected chi connectivity index (χ4v) is 13.1. The van der Waals surface area contributed by atoms with E-state index in [2.05, 4.69) is 67.5 Å². The molecular formula is C26H39O5P. The van der Waals surface area contributed by atoms with Crippen molar-refractivity contribution < 1.29 is 23.6 Å². The second-order valence-electron chi connectivity index (χ2n) is 11.7. The van der Waals surface area contributed by atoms with Crippen LogP contribution in [0.25, 0.3) is 0 Å². The predicted octanol–water partition coefficient (Wildman–Crippen LogP) is 5.31. The molecule has 0 aliphatic carbocycles. The molecule has 1 aromatic carbocycles. The van der Waals surface area contributed by atoms with Crippen LogP contribution in [0.15, 0.2) is 23.2 Å². The maximum absolute atomic E-state index is 13.2. The number of esters is 2. The fourth-order valence-electron chi connectivity index (χ4n) is 5.59. The second kappa shape index (κ2) is 7.58. The number of rotatable bonds is 3. The van der Waals surface area contributed by atoms with E-state index in [0.717, 1.165) is 29.6 Å². The Morgan fingerprint density at radius 2 is 1.59 bits per heavy atom. The molecule has 32 heavy (non-hydrogen) atoms. The van der Waals surface area contributed by atoms with Gasteiger partial charge in [0, 0.05) is 0 Å². The molecule has 0 N–H and O–H groups in total. The molecule has 2 aliphatic heterocycles. The third kappa shape index (κ3) is 3.48. The number of methoxy groups -OCH3 is 2. The van der Waals surface area contributed by atoms with Crippen LogP contribution in [0.5, 0.6) is 0 Å². The van der Waals surface area contributed by atoms with Crippen LogP contribution in [0.3, 0.4) is 0 Å². The molecule has 0 amide bonds. The summed E-state index contributed by atoms with van der Waals surface area (Å²) in [6, 6.07) is 4.53. The minimum absolute atomic E-state index is 0.0175. The average molecular weight is 463 g/mol. The van der Waals surface area contributed by atoms with E-state index in [1.54, 1.807) is 0 Å². The van der Waals surface area contributed by atoms with Gasteiger partial charge in [0.15, 0.2) is 0 Å². The van der Waals surface area contributed by atoms with E-state index in [4.69, 9.17) is 14.0 Å². The third-order valence-corrected chi connectivity index (χ3v) is 13.4. The van der Waals surface area contributed by atoms with Gasteiger partial charge in [0.05, 0.1) is 0 Å². The van der Waals surface area contributed by atoms with Crippen molar-refractivity contribution in [1.29, 1.82) is 0 Å². The Labute approximate surface area is 192 Å². The summed E-state index contributed by atoms with van der Waals surface area (Å²) in [6.45, 7) is 14.2. The topological polar surface area (TPSA) is 61.8 Å². The van der Waals surface area contributed by atoms with Gasteiger partial charge < -0.3 is 0 Å². The molecule has 3 rings (SSSR count). The van der Waals surface area contributed by atoms with Gasteiger partial charge in [-0.05, 0) is 0 Å². The maximum atomic E-state index is 13.2. The van der Waals surface area contributed by atoms with Crippen molar-refractivity contribution in [2.24, 2.45) is 5.92 Å². The summed E-state index contributed by atoms with van der Waals surface area (Å²) in [7, 11) is 2.68. The normalized spacial score (nSPS) is 23.1. The molecule has 0 radical (unpaired) electrons. The van der Waals surface area contributed by atoms with Gasteiger partial charge in [-0.25, -0.2) is 0 Å². The number of ether oxygens (including phenoxy) is 2. The third-order valence-electron chi connectivity index (χ3n) is 7.08. The van der Waals surface area contributed by atoms with Crippen LogP contribution >= 0.6 is 6.83 Å². The summed E-state index contributed by atoms with van der Waals surface area (Å²) in [4.78, 5) is 25.8. The molecular weight excluding hydrogens is 423 g/mol. The molecule has 2 heterocycles. The van der Waals surface area contributed by atoms with E-state index in [1.165, 1.54) is 25.3 Å². The van der Waals surface area contributed by atoms with Crippen LogP contribution in [-0.4, -0.2) is 38.5 Å². The molecule has 0 saturated carbocycles. The summed E-state index contributed by atoms with van der Waals surface area (Å²) in [5, 5.41) is 1.57. The zero-order chi connectivity index (χ0) is 24.3. The first-order chi connectivity index (χ1) is 14.6. The molecule has 0 bridgehead atoms. The van der Waals surface area contributed by atoms with Crippen molar-refractivity contribution in [2.75, 3.05) is 26.5 Å². The summed E-state index contributed by atoms with van der Waals surface area (Å²) in [5.74, 6) is -0.671. The van der Waals surface area contributed by atoms with Gasteiger partial charge in [0.2, 0.25) is 0 Å². The molecule has 1 atom stereocenters. The van der Waals surface area contributed by atoms with Crippen LogP contribution < -0.4 is 5.30 Å². The van der Waals surface area contributed by atoms with Crippen LogP contribution in [0.4, 0.5) is 0 Å². The molecule has 5 nitrogen and oxygen atoms in total. The van der Waals surface area contributed by atoms with Crippen molar-refractivity contribution in [1.82, 2.24) is 0 Å². The molecule has 1 fully saturated rings. The number of aryl methyl sites for hydroxylation is 1. The van der Waals surface area contributed by atoms with Crippen molar-refractivity contribution in [3.8, 4) is 0 Å². The summed E-state index contributed by atoms with van der Waals surface area (Å²) in [5.41, 5.74) is 3.38. The SMILES string of the molecule is COC(=O)C1=C(C(=O)OC)P2(c3c(C)cc(C(C)(C)C)cc3C(C)(C)C)(CC[C@@H](C)C2)O1. The monoisotopic (exact) mass is 462 g/mol. The van der Waals surface area contributed by atoms with E-state index < -0.39 is 18.8 Å². The van der Waals surface area contributed by atoms with E-state index in [-0.39, 0.29) is 16.6 Å². The molecule has 178 valence electrons. The number of hydrogen-bond donors (Lipinski definition) is 0. The van der Waals surface area contributed by atoms with Crippen LogP contribution in [-0.2, 0) is 34.4 Å². The van der Waals surface area contributed by atoms with E-state index >= 15 is 0 Å². The first-order valence-electron chi connectivity index (χ1n) is 11.4. The Morgan fingerprint density at radius 1 is 1.00 bits per heavy atom. The van der Waals surface area contributed by atoms with Gasteiger partial charge in [0.25, 0.3) is 0 Å². The van der Waals surface area contributed by atoms with E-state index in [9.17, 15) is 9.59 Å². The number of benzene rings is 1. The van der Waals surface area contributed by atoms with Crippen LogP contribution in [0.1, 0.15) is 71.6 Å². The first-order valence-corrected chi connectivity index (χ1v) is 13.9. The Kier molecular flexibility index (Phi) is 5.87. The zero-order valence-electron chi connectivity index (χ0n) is 21.3. The summed E-state index contributed by atoms with van der Waals surface area (Å²) >= 11 is 0. The number of hydrogen-bond acceptors (Lipinski definition) is 5. The Bertz CT molecular complexity index is 1010. The molecule has 1 spiro atoms. The average Bonchev–Trinajstić information content (AvgIpc) is 3.03. The first kappa shape index (κ1) is 24.8. The quantitative estimate of drug-likeness (QED) is 0.450. The molecule has 6 heteroatoms. The summed E-state index contributed by atoms with van der Waals surface area (Å²) < 4.78 is 16.9.